The van der Waals surface area contributed by atoms with Gasteiger partial charge in [0.25, 0.3) is 23.4 Å². The highest BCUT2D eigenvalue weighted by Crippen LogP contribution is 2.52. The highest BCUT2D eigenvalue weighted by atomic mass is 35.5. The Kier molecular flexibility index (Phi) is 4.82. The van der Waals surface area contributed by atoms with Gasteiger partial charge in [0.2, 0.25) is 0 Å². The molecule has 1 saturated heterocycles. The molecule has 2 aromatic rings. The van der Waals surface area contributed by atoms with Crippen molar-refractivity contribution in [1.29, 1.82) is 0 Å². The van der Waals surface area contributed by atoms with Crippen LogP contribution in [0, 0.1) is 33.8 Å². The molecule has 2 fully saturated rings. The van der Waals surface area contributed by atoms with Gasteiger partial charge in [-0.1, -0.05) is 35.9 Å². The number of nitro groups is 1. The molecule has 2 aliphatic carbocycles. The van der Waals surface area contributed by atoms with Crippen LogP contribution in [0.2, 0.25) is 5.02 Å². The van der Waals surface area contributed by atoms with Crippen LogP contribution in [-0.2, 0) is 16.1 Å². The van der Waals surface area contributed by atoms with Crippen LogP contribution < -0.4 is 0 Å². The van der Waals surface area contributed by atoms with Crippen LogP contribution in [-0.4, -0.2) is 32.7 Å². The van der Waals surface area contributed by atoms with Gasteiger partial charge in [0.15, 0.2) is 0 Å². The van der Waals surface area contributed by atoms with Gasteiger partial charge in [0.05, 0.1) is 23.3 Å². The van der Waals surface area contributed by atoms with E-state index >= 15 is 0 Å². The number of halogens is 1. The average molecular weight is 452 g/mol. The molecule has 2 bridgehead atoms. The lowest BCUT2D eigenvalue weighted by Gasteiger charge is -2.31. The third-order valence-electron chi connectivity index (χ3n) is 6.49. The van der Waals surface area contributed by atoms with Crippen molar-refractivity contribution in [3.63, 3.8) is 0 Å². The number of allylic oxidation sites excluding steroid dienone is 2. The third-order valence-corrected chi connectivity index (χ3v) is 6.75. The molecule has 9 heteroatoms. The minimum absolute atomic E-state index is 0.0123. The van der Waals surface area contributed by atoms with Gasteiger partial charge in [-0.3, -0.25) is 24.5 Å². The minimum Gasteiger partial charge on any atom is -0.272 e. The molecule has 4 atom stereocenters. The van der Waals surface area contributed by atoms with Gasteiger partial charge in [-0.15, -0.1) is 0 Å². The van der Waals surface area contributed by atoms with Crippen LogP contribution in [0.4, 0.5) is 5.69 Å². The number of imide groups is 1. The molecule has 1 heterocycles. The first-order chi connectivity index (χ1) is 15.3. The van der Waals surface area contributed by atoms with Crippen LogP contribution in [0.5, 0.6) is 0 Å². The van der Waals surface area contributed by atoms with Gasteiger partial charge >= 0.3 is 0 Å². The number of amides is 3. The van der Waals surface area contributed by atoms with E-state index in [2.05, 4.69) is 0 Å². The average Bonchev–Trinajstić information content (AvgIpc) is 3.47. The molecule has 0 aromatic heterocycles. The summed E-state index contributed by atoms with van der Waals surface area (Å²) >= 11 is 5.94. The lowest BCUT2D eigenvalue weighted by Crippen LogP contribution is -2.50. The Morgan fingerprint density at radius 2 is 1.56 bits per heavy atom. The first-order valence-electron chi connectivity index (χ1n) is 10.2. The second-order valence-electron chi connectivity index (χ2n) is 8.28. The van der Waals surface area contributed by atoms with Crippen molar-refractivity contribution in [3.8, 4) is 0 Å². The van der Waals surface area contributed by atoms with E-state index < -0.39 is 22.7 Å². The lowest BCUT2D eigenvalue weighted by atomic mass is 9.85. The highest BCUT2D eigenvalue weighted by Gasteiger charge is 2.61. The van der Waals surface area contributed by atoms with Gasteiger partial charge in [-0.25, -0.2) is 5.01 Å². The second-order valence-corrected chi connectivity index (χ2v) is 8.72. The summed E-state index contributed by atoms with van der Waals surface area (Å²) in [6.45, 7) is -0.0842. The Bertz CT molecular complexity index is 1130. The van der Waals surface area contributed by atoms with Gasteiger partial charge in [0.1, 0.15) is 0 Å². The van der Waals surface area contributed by atoms with Crippen molar-refractivity contribution in [2.75, 3.05) is 0 Å². The number of nitrogens with zero attached hydrogens (tertiary/aromatic N) is 3. The quantitative estimate of drug-likeness (QED) is 0.299. The number of fused-ring (bicyclic) bond motifs is 5. The maximum atomic E-state index is 13.4. The summed E-state index contributed by atoms with van der Waals surface area (Å²) in [7, 11) is 0. The Labute approximate surface area is 188 Å². The predicted octanol–water partition coefficient (Wildman–Crippen LogP) is 3.61. The zero-order valence-corrected chi connectivity index (χ0v) is 17.5. The van der Waals surface area contributed by atoms with E-state index in [1.165, 1.54) is 36.4 Å². The molecule has 32 heavy (non-hydrogen) atoms. The molecule has 162 valence electrons. The Morgan fingerprint density at radius 1 is 1.00 bits per heavy atom. The molecule has 1 saturated carbocycles. The fourth-order valence-electron chi connectivity index (χ4n) is 5.00. The molecule has 0 spiro atoms. The van der Waals surface area contributed by atoms with Crippen molar-refractivity contribution < 1.29 is 19.3 Å². The summed E-state index contributed by atoms with van der Waals surface area (Å²) < 4.78 is 0. The molecular formula is C23H18ClN3O5. The number of non-ortho nitro benzene ring substituents is 1. The SMILES string of the molecule is O=C(c1ccc(Cl)cc1)N(Cc1ccc([N+](=O)[O-])cc1)N1C(=O)[C@@H]2[C@@H](C1=O)[C@H]1C=C[C@H]2C1. The number of carbonyl (C=O) groups excluding carboxylic acids is 3. The first kappa shape index (κ1) is 20.4. The zero-order valence-electron chi connectivity index (χ0n) is 16.8. The molecule has 8 nitrogen and oxygen atoms in total. The molecule has 0 N–H and O–H groups in total. The normalized spacial score (nSPS) is 25.3. The van der Waals surface area contributed by atoms with Crippen molar-refractivity contribution in [2.45, 2.75) is 13.0 Å². The lowest BCUT2D eigenvalue weighted by molar-refractivity contribution is -0.384. The van der Waals surface area contributed by atoms with Gasteiger partial charge in [-0.05, 0) is 48.1 Å². The maximum absolute atomic E-state index is 13.4. The predicted molar refractivity (Wildman–Crippen MR) is 114 cm³/mol. The van der Waals surface area contributed by atoms with Crippen molar-refractivity contribution in [2.24, 2.45) is 23.7 Å². The monoisotopic (exact) mass is 451 g/mol. The van der Waals surface area contributed by atoms with Gasteiger partial charge in [-0.2, -0.15) is 5.01 Å². The molecule has 0 unspecified atom stereocenters. The van der Waals surface area contributed by atoms with E-state index in [9.17, 15) is 24.5 Å². The van der Waals surface area contributed by atoms with Crippen molar-refractivity contribution >= 4 is 35.0 Å². The standard InChI is InChI=1S/C23H18ClN3O5/c24-17-7-5-14(6-8-17)21(28)25(12-13-1-9-18(10-2-13)27(31)32)26-22(29)19-15-3-4-16(11-15)20(19)23(26)30/h1-10,15-16,19-20H,11-12H2/t15-,16-,19-,20-/m0/s1. The number of hydrogen-bond acceptors (Lipinski definition) is 5. The van der Waals surface area contributed by atoms with Gasteiger partial charge < -0.3 is 0 Å². The van der Waals surface area contributed by atoms with Gasteiger partial charge in [0, 0.05) is 22.7 Å². The van der Waals surface area contributed by atoms with Crippen LogP contribution in [0.15, 0.2) is 60.7 Å². The van der Waals surface area contributed by atoms with Crippen LogP contribution in [0.25, 0.3) is 0 Å². The van der Waals surface area contributed by atoms with E-state index in [1.54, 1.807) is 12.1 Å². The summed E-state index contributed by atoms with van der Waals surface area (Å²) in [5, 5.41) is 13.5. The van der Waals surface area contributed by atoms with Crippen molar-refractivity contribution in [3.05, 3.63) is 86.9 Å². The molecular weight excluding hydrogens is 434 g/mol. The van der Waals surface area contributed by atoms with Crippen LogP contribution in [0.1, 0.15) is 22.3 Å². The minimum atomic E-state index is -0.526. The number of rotatable bonds is 5. The number of hydrazine groups is 1. The summed E-state index contributed by atoms with van der Waals surface area (Å²) in [6, 6.07) is 11.9. The smallest absolute Gasteiger partial charge is 0.272 e. The highest BCUT2D eigenvalue weighted by molar-refractivity contribution is 6.30. The van der Waals surface area contributed by atoms with E-state index in [4.69, 9.17) is 11.6 Å². The number of nitro benzene ring substituents is 1. The molecule has 3 amide bonds. The summed E-state index contributed by atoms with van der Waals surface area (Å²) in [5.74, 6) is -2.15. The largest absolute Gasteiger partial charge is 0.273 e. The van der Waals surface area contributed by atoms with Crippen LogP contribution in [0.3, 0.4) is 0 Å². The fraction of sp³-hybridized carbons (Fsp3) is 0.261. The molecule has 0 radical (unpaired) electrons. The topological polar surface area (TPSA) is 101 Å². The summed E-state index contributed by atoms with van der Waals surface area (Å²) in [5.41, 5.74) is 0.738. The third kappa shape index (κ3) is 3.18. The summed E-state index contributed by atoms with van der Waals surface area (Å²) in [6.07, 6.45) is 4.76. The van der Waals surface area contributed by atoms with E-state index in [0.29, 0.717) is 10.6 Å². The summed E-state index contributed by atoms with van der Waals surface area (Å²) in [4.78, 5) is 50.5. The Balaban J connectivity index is 1.50. The molecule has 3 aliphatic rings. The molecule has 2 aromatic carbocycles. The van der Waals surface area contributed by atoms with Crippen LogP contribution >= 0.6 is 11.6 Å². The van der Waals surface area contributed by atoms with E-state index in [-0.39, 0.29) is 41.4 Å². The number of hydrogen-bond donors (Lipinski definition) is 0. The number of carbonyl (C=O) groups is 3. The molecule has 1 aliphatic heterocycles. The second kappa shape index (κ2) is 7.56. The van der Waals surface area contributed by atoms with E-state index in [1.807, 2.05) is 12.2 Å². The maximum Gasteiger partial charge on any atom is 0.273 e. The number of benzene rings is 2. The molecule has 5 rings (SSSR count). The Hall–Kier alpha value is -3.52. The van der Waals surface area contributed by atoms with E-state index in [0.717, 1.165) is 16.4 Å². The van der Waals surface area contributed by atoms with Crippen molar-refractivity contribution in [1.82, 2.24) is 10.0 Å². The fourth-order valence-corrected chi connectivity index (χ4v) is 5.12. The Morgan fingerprint density at radius 3 is 2.09 bits per heavy atom. The first-order valence-corrected chi connectivity index (χ1v) is 10.6. The zero-order chi connectivity index (χ0) is 22.6.